The molecule has 0 heterocycles. The second kappa shape index (κ2) is 7.18. The minimum absolute atomic E-state index is 0.345. The van der Waals surface area contributed by atoms with Crippen LogP contribution in [-0.4, -0.2) is 18.5 Å². The molecule has 0 spiro atoms. The first-order valence-corrected chi connectivity index (χ1v) is 8.32. The summed E-state index contributed by atoms with van der Waals surface area (Å²) in [5, 5.41) is 1.04. The van der Waals surface area contributed by atoms with Gasteiger partial charge in [-0.3, -0.25) is 0 Å². The maximum atomic E-state index is 5.96. The number of ether oxygens (including phenoxy) is 2. The van der Waals surface area contributed by atoms with Gasteiger partial charge in [0, 0.05) is 10.7 Å². The molecule has 1 fully saturated rings. The first-order chi connectivity index (χ1) is 9.28. The van der Waals surface area contributed by atoms with E-state index < -0.39 is 0 Å². The first-order valence-electron chi connectivity index (χ1n) is 7.20. The van der Waals surface area contributed by atoms with Crippen LogP contribution in [0.25, 0.3) is 0 Å². The first kappa shape index (κ1) is 14.7. The van der Waals surface area contributed by atoms with E-state index >= 15 is 0 Å². The van der Waals surface area contributed by atoms with Crippen LogP contribution in [0, 0.1) is 5.41 Å². The Morgan fingerprint density at radius 1 is 1.05 bits per heavy atom. The standard InChI is InChI=1S/C16H23BrO2/c1-2-11-18-14-5-7-15(8-6-14)19-13-16(12-17)9-3-4-10-16/h5-8H,2-4,9-13H2,1H3. The summed E-state index contributed by atoms with van der Waals surface area (Å²) in [4.78, 5) is 0. The van der Waals surface area contributed by atoms with Crippen molar-refractivity contribution in [1.82, 2.24) is 0 Å². The Labute approximate surface area is 124 Å². The zero-order valence-electron chi connectivity index (χ0n) is 11.7. The van der Waals surface area contributed by atoms with Gasteiger partial charge in [0.2, 0.25) is 0 Å². The van der Waals surface area contributed by atoms with Crippen molar-refractivity contribution < 1.29 is 9.47 Å². The van der Waals surface area contributed by atoms with Gasteiger partial charge in [-0.1, -0.05) is 35.7 Å². The number of halogens is 1. The molecule has 0 amide bonds. The molecular weight excluding hydrogens is 304 g/mol. The maximum absolute atomic E-state index is 5.96. The Morgan fingerprint density at radius 2 is 1.63 bits per heavy atom. The van der Waals surface area contributed by atoms with E-state index in [1.54, 1.807) is 0 Å². The van der Waals surface area contributed by atoms with E-state index in [1.165, 1.54) is 25.7 Å². The fourth-order valence-corrected chi connectivity index (χ4v) is 3.25. The normalized spacial score (nSPS) is 17.4. The highest BCUT2D eigenvalue weighted by atomic mass is 79.9. The number of benzene rings is 1. The summed E-state index contributed by atoms with van der Waals surface area (Å²) in [5.74, 6) is 1.86. The van der Waals surface area contributed by atoms with E-state index in [1.807, 2.05) is 24.3 Å². The van der Waals surface area contributed by atoms with E-state index in [0.29, 0.717) is 5.41 Å². The molecule has 1 saturated carbocycles. The lowest BCUT2D eigenvalue weighted by Gasteiger charge is -2.26. The Kier molecular flexibility index (Phi) is 5.56. The van der Waals surface area contributed by atoms with Crippen LogP contribution < -0.4 is 9.47 Å². The Hall–Kier alpha value is -0.700. The van der Waals surface area contributed by atoms with Crippen molar-refractivity contribution in [2.24, 2.45) is 5.41 Å². The number of rotatable bonds is 7. The predicted molar refractivity (Wildman–Crippen MR) is 82.4 cm³/mol. The average Bonchev–Trinajstić information content (AvgIpc) is 2.93. The molecule has 3 heteroatoms. The summed E-state index contributed by atoms with van der Waals surface area (Å²) in [6, 6.07) is 7.98. The monoisotopic (exact) mass is 326 g/mol. The van der Waals surface area contributed by atoms with Crippen LogP contribution in [0.5, 0.6) is 11.5 Å². The van der Waals surface area contributed by atoms with Gasteiger partial charge in [-0.2, -0.15) is 0 Å². The van der Waals surface area contributed by atoms with Gasteiger partial charge in [0.05, 0.1) is 13.2 Å². The molecule has 0 aromatic heterocycles. The number of alkyl halides is 1. The zero-order valence-corrected chi connectivity index (χ0v) is 13.2. The molecule has 106 valence electrons. The molecule has 1 aromatic rings. The lowest BCUT2D eigenvalue weighted by molar-refractivity contribution is 0.174. The topological polar surface area (TPSA) is 18.5 Å². The Morgan fingerprint density at radius 3 is 2.16 bits per heavy atom. The van der Waals surface area contributed by atoms with Crippen molar-refractivity contribution in [2.75, 3.05) is 18.5 Å². The highest BCUT2D eigenvalue weighted by Gasteiger charge is 2.33. The average molecular weight is 327 g/mol. The van der Waals surface area contributed by atoms with E-state index in [9.17, 15) is 0 Å². The number of hydrogen-bond donors (Lipinski definition) is 0. The predicted octanol–water partition coefficient (Wildman–Crippen LogP) is 4.81. The van der Waals surface area contributed by atoms with Crippen LogP contribution in [0.4, 0.5) is 0 Å². The van der Waals surface area contributed by atoms with Gasteiger partial charge < -0.3 is 9.47 Å². The van der Waals surface area contributed by atoms with Crippen molar-refractivity contribution in [3.8, 4) is 11.5 Å². The van der Waals surface area contributed by atoms with Gasteiger partial charge >= 0.3 is 0 Å². The van der Waals surface area contributed by atoms with Crippen LogP contribution in [0.15, 0.2) is 24.3 Å². The summed E-state index contributed by atoms with van der Waals surface area (Å²) in [7, 11) is 0. The molecular formula is C16H23BrO2. The minimum Gasteiger partial charge on any atom is -0.494 e. The summed E-state index contributed by atoms with van der Waals surface area (Å²) in [6.07, 6.45) is 6.25. The van der Waals surface area contributed by atoms with E-state index in [4.69, 9.17) is 9.47 Å². The maximum Gasteiger partial charge on any atom is 0.119 e. The molecule has 0 N–H and O–H groups in total. The molecule has 0 atom stereocenters. The van der Waals surface area contributed by atoms with Gasteiger partial charge in [0.25, 0.3) is 0 Å². The molecule has 2 nitrogen and oxygen atoms in total. The summed E-state index contributed by atoms with van der Waals surface area (Å²) < 4.78 is 11.5. The lowest BCUT2D eigenvalue weighted by atomic mass is 9.90. The van der Waals surface area contributed by atoms with Crippen molar-refractivity contribution in [3.05, 3.63) is 24.3 Å². The molecule has 1 aliphatic carbocycles. The van der Waals surface area contributed by atoms with Crippen LogP contribution >= 0.6 is 15.9 Å². The molecule has 1 aromatic carbocycles. The van der Waals surface area contributed by atoms with Crippen molar-refractivity contribution in [3.63, 3.8) is 0 Å². The summed E-state index contributed by atoms with van der Waals surface area (Å²) in [6.45, 7) is 3.69. The smallest absolute Gasteiger partial charge is 0.119 e. The third-order valence-electron chi connectivity index (χ3n) is 3.79. The van der Waals surface area contributed by atoms with Crippen LogP contribution in [0.1, 0.15) is 39.0 Å². The molecule has 0 aliphatic heterocycles. The van der Waals surface area contributed by atoms with Crippen LogP contribution in [0.2, 0.25) is 0 Å². The van der Waals surface area contributed by atoms with Gasteiger partial charge in [-0.05, 0) is 43.5 Å². The number of hydrogen-bond acceptors (Lipinski definition) is 2. The van der Waals surface area contributed by atoms with Crippen LogP contribution in [0.3, 0.4) is 0 Å². The second-order valence-electron chi connectivity index (χ2n) is 5.45. The molecule has 0 bridgehead atoms. The Balaban J connectivity index is 1.85. The van der Waals surface area contributed by atoms with Crippen molar-refractivity contribution in [1.29, 1.82) is 0 Å². The zero-order chi connectivity index (χ0) is 13.6. The third-order valence-corrected chi connectivity index (χ3v) is 4.98. The highest BCUT2D eigenvalue weighted by molar-refractivity contribution is 9.09. The quantitative estimate of drug-likeness (QED) is 0.669. The van der Waals surface area contributed by atoms with Crippen molar-refractivity contribution in [2.45, 2.75) is 39.0 Å². The largest absolute Gasteiger partial charge is 0.494 e. The molecule has 0 radical (unpaired) electrons. The van der Waals surface area contributed by atoms with Gasteiger partial charge in [-0.25, -0.2) is 0 Å². The van der Waals surface area contributed by atoms with Gasteiger partial charge in [0.15, 0.2) is 0 Å². The SMILES string of the molecule is CCCOc1ccc(OCC2(CBr)CCCC2)cc1. The van der Waals surface area contributed by atoms with Gasteiger partial charge in [-0.15, -0.1) is 0 Å². The molecule has 2 rings (SSSR count). The fraction of sp³-hybridized carbons (Fsp3) is 0.625. The minimum atomic E-state index is 0.345. The van der Waals surface area contributed by atoms with Crippen LogP contribution in [-0.2, 0) is 0 Å². The molecule has 0 saturated heterocycles. The fourth-order valence-electron chi connectivity index (χ4n) is 2.53. The van der Waals surface area contributed by atoms with E-state index in [-0.39, 0.29) is 0 Å². The summed E-state index contributed by atoms with van der Waals surface area (Å²) >= 11 is 3.65. The van der Waals surface area contributed by atoms with Crippen molar-refractivity contribution >= 4 is 15.9 Å². The van der Waals surface area contributed by atoms with E-state index in [2.05, 4.69) is 22.9 Å². The summed E-state index contributed by atoms with van der Waals surface area (Å²) in [5.41, 5.74) is 0.345. The molecule has 1 aliphatic rings. The van der Waals surface area contributed by atoms with Gasteiger partial charge in [0.1, 0.15) is 11.5 Å². The third kappa shape index (κ3) is 4.13. The molecule has 19 heavy (non-hydrogen) atoms. The lowest BCUT2D eigenvalue weighted by Crippen LogP contribution is -2.26. The van der Waals surface area contributed by atoms with E-state index in [0.717, 1.165) is 36.5 Å². The molecule has 0 unspecified atom stereocenters. The second-order valence-corrected chi connectivity index (χ2v) is 6.01. The Bertz CT molecular complexity index is 369. The highest BCUT2D eigenvalue weighted by Crippen LogP contribution is 2.40.